The maximum absolute atomic E-state index is 12.5. The van der Waals surface area contributed by atoms with Gasteiger partial charge in [0, 0.05) is 12.4 Å². The molecule has 0 spiro atoms. The Bertz CT molecular complexity index is 926. The fourth-order valence-electron chi connectivity index (χ4n) is 1.67. The van der Waals surface area contributed by atoms with Gasteiger partial charge in [-0.15, -0.1) is 0 Å². The highest BCUT2D eigenvalue weighted by Gasteiger charge is 2.32. The summed E-state index contributed by atoms with van der Waals surface area (Å²) >= 11 is 11.4. The van der Waals surface area contributed by atoms with Crippen LogP contribution in [0.15, 0.2) is 34.6 Å². The molecule has 0 fully saturated rings. The lowest BCUT2D eigenvalue weighted by molar-refractivity contribution is -0.138. The van der Waals surface area contributed by atoms with Gasteiger partial charge in [-0.05, 0) is 12.1 Å². The second-order valence-corrected chi connectivity index (χ2v) is 5.80. The molecule has 150 valence electrons. The fraction of sp³-hybridized carbons (Fsp3) is 0.143. The molecule has 0 saturated carbocycles. The Morgan fingerprint density at radius 1 is 0.964 bits per heavy atom. The largest absolute Gasteiger partial charge is 0.417 e. The first-order valence-corrected chi connectivity index (χ1v) is 7.72. The van der Waals surface area contributed by atoms with E-state index in [0.717, 1.165) is 6.21 Å². The lowest BCUT2D eigenvalue weighted by Crippen LogP contribution is -2.27. The molecule has 3 N–H and O–H groups in total. The van der Waals surface area contributed by atoms with Crippen LogP contribution >= 0.6 is 23.2 Å². The van der Waals surface area contributed by atoms with Crippen molar-refractivity contribution in [3.63, 3.8) is 0 Å². The summed E-state index contributed by atoms with van der Waals surface area (Å²) in [6, 6.07) is 1.29. The Morgan fingerprint density at radius 3 is 2.00 bits per heavy atom. The van der Waals surface area contributed by atoms with Crippen LogP contribution < -0.4 is 11.2 Å². The molecule has 2 aromatic rings. The number of aromatic nitrogens is 2. The van der Waals surface area contributed by atoms with Gasteiger partial charge in [0.1, 0.15) is 5.69 Å². The van der Waals surface area contributed by atoms with Crippen molar-refractivity contribution < 1.29 is 26.3 Å². The number of pyridine rings is 2. The van der Waals surface area contributed by atoms with E-state index < -0.39 is 34.5 Å². The highest BCUT2D eigenvalue weighted by Crippen LogP contribution is 2.33. The predicted octanol–water partition coefficient (Wildman–Crippen LogP) is 4.39. The number of halogens is 8. The molecule has 6 nitrogen and oxygen atoms in total. The van der Waals surface area contributed by atoms with E-state index in [2.05, 4.69) is 25.5 Å². The maximum atomic E-state index is 12.5. The van der Waals surface area contributed by atoms with Crippen LogP contribution in [0.4, 0.5) is 32.2 Å². The van der Waals surface area contributed by atoms with Crippen LogP contribution in [0.5, 0.6) is 0 Å². The van der Waals surface area contributed by atoms with Gasteiger partial charge in [0.05, 0.1) is 27.4 Å². The smallest absolute Gasteiger partial charge is 0.368 e. The van der Waals surface area contributed by atoms with Crippen LogP contribution in [0.1, 0.15) is 16.8 Å². The molecule has 0 aliphatic rings. The van der Waals surface area contributed by atoms with Crippen LogP contribution in [0.2, 0.25) is 10.0 Å². The van der Waals surface area contributed by atoms with Crippen molar-refractivity contribution in [2.24, 2.45) is 15.8 Å². The van der Waals surface area contributed by atoms with E-state index >= 15 is 0 Å². The lowest BCUT2D eigenvalue weighted by Gasteiger charge is -2.07. The van der Waals surface area contributed by atoms with E-state index in [9.17, 15) is 26.3 Å². The summed E-state index contributed by atoms with van der Waals surface area (Å²) < 4.78 is 75.2. The van der Waals surface area contributed by atoms with Gasteiger partial charge in [-0.1, -0.05) is 23.2 Å². The monoisotopic (exact) mass is 444 g/mol. The Hall–Kier alpha value is -2.60. The SMILES string of the molecule is NC(=Nc1ncc(C(F)(F)F)cc1Cl)NN=Cc1ncc(C(F)(F)F)cc1Cl. The van der Waals surface area contributed by atoms with Crippen molar-refractivity contribution in [1.29, 1.82) is 0 Å². The molecule has 14 heteroatoms. The summed E-state index contributed by atoms with van der Waals surface area (Å²) in [5.41, 5.74) is 5.47. The highest BCUT2D eigenvalue weighted by molar-refractivity contribution is 6.33. The van der Waals surface area contributed by atoms with Crippen molar-refractivity contribution in [3.05, 3.63) is 51.4 Å². The first-order chi connectivity index (χ1) is 12.9. The van der Waals surface area contributed by atoms with Gasteiger partial charge in [0.2, 0.25) is 5.96 Å². The number of alkyl halides is 6. The number of rotatable bonds is 3. The second-order valence-electron chi connectivity index (χ2n) is 4.98. The van der Waals surface area contributed by atoms with Crippen molar-refractivity contribution in [2.75, 3.05) is 0 Å². The molecule has 28 heavy (non-hydrogen) atoms. The minimum atomic E-state index is -4.62. The Kier molecular flexibility index (Phi) is 6.34. The summed E-state index contributed by atoms with van der Waals surface area (Å²) in [7, 11) is 0. The summed E-state index contributed by atoms with van der Waals surface area (Å²) in [4.78, 5) is 10.6. The standard InChI is InChI=1S/C14H8Cl2F6N6/c15-8-1-6(13(17,18)19)3-24-10(8)5-26-28-12(23)27-11-9(16)2-7(4-25-11)14(20,21)22/h1-5H,(H3,23,25,27,28). The van der Waals surface area contributed by atoms with Gasteiger partial charge in [-0.25, -0.2) is 10.4 Å². The van der Waals surface area contributed by atoms with E-state index in [1.165, 1.54) is 0 Å². The molecule has 0 saturated heterocycles. The first-order valence-electron chi connectivity index (χ1n) is 6.96. The lowest BCUT2D eigenvalue weighted by atomic mass is 10.2. The molecule has 0 radical (unpaired) electrons. The normalized spacial score (nSPS) is 13.2. The fourth-order valence-corrected chi connectivity index (χ4v) is 2.09. The van der Waals surface area contributed by atoms with Crippen LogP contribution in [0.25, 0.3) is 0 Å². The summed E-state index contributed by atoms with van der Waals surface area (Å²) in [5.74, 6) is -0.714. The van der Waals surface area contributed by atoms with E-state index in [-0.39, 0.29) is 16.5 Å². The molecule has 2 heterocycles. The molecule has 2 aromatic heterocycles. The average molecular weight is 445 g/mol. The third-order valence-electron chi connectivity index (χ3n) is 2.94. The Morgan fingerprint density at radius 2 is 1.50 bits per heavy atom. The zero-order valence-electron chi connectivity index (χ0n) is 13.3. The molecule has 0 bridgehead atoms. The van der Waals surface area contributed by atoms with Gasteiger partial charge >= 0.3 is 12.4 Å². The zero-order valence-corrected chi connectivity index (χ0v) is 14.8. The van der Waals surface area contributed by atoms with E-state index in [1.807, 2.05) is 0 Å². The third-order valence-corrected chi connectivity index (χ3v) is 3.52. The van der Waals surface area contributed by atoms with Gasteiger partial charge in [0.15, 0.2) is 5.82 Å². The average Bonchev–Trinajstić information content (AvgIpc) is 2.56. The van der Waals surface area contributed by atoms with Crippen LogP contribution in [0.3, 0.4) is 0 Å². The predicted molar refractivity (Wildman–Crippen MR) is 90.5 cm³/mol. The van der Waals surface area contributed by atoms with Gasteiger partial charge in [-0.3, -0.25) is 4.98 Å². The Labute approximate surface area is 163 Å². The molecular formula is C14H8Cl2F6N6. The summed E-state index contributed by atoms with van der Waals surface area (Å²) in [5, 5.41) is 2.84. The van der Waals surface area contributed by atoms with Crippen molar-refractivity contribution >= 4 is 41.2 Å². The second kappa shape index (κ2) is 8.19. The first kappa shape index (κ1) is 21.7. The molecule has 0 amide bonds. The molecule has 2 rings (SSSR count). The summed E-state index contributed by atoms with van der Waals surface area (Å²) in [6.45, 7) is 0. The third kappa shape index (κ3) is 5.70. The summed E-state index contributed by atoms with van der Waals surface area (Å²) in [6.07, 6.45) is -7.17. The number of guanidine groups is 1. The number of nitrogens with one attached hydrogen (secondary N) is 1. The minimum Gasteiger partial charge on any atom is -0.368 e. The quantitative estimate of drug-likeness (QED) is 0.318. The topological polar surface area (TPSA) is 88.5 Å². The molecule has 0 unspecified atom stereocenters. The van der Waals surface area contributed by atoms with E-state index in [1.54, 1.807) is 0 Å². The molecule has 0 aliphatic heterocycles. The number of nitrogens with zero attached hydrogens (tertiary/aromatic N) is 4. The van der Waals surface area contributed by atoms with Gasteiger partial charge in [0.25, 0.3) is 0 Å². The van der Waals surface area contributed by atoms with Crippen LogP contribution in [-0.2, 0) is 12.4 Å². The van der Waals surface area contributed by atoms with Crippen molar-refractivity contribution in [1.82, 2.24) is 15.4 Å². The molecule has 0 atom stereocenters. The number of hydrazone groups is 1. The number of nitrogens with two attached hydrogens (primary N) is 1. The molecule has 0 aliphatic carbocycles. The van der Waals surface area contributed by atoms with Gasteiger partial charge < -0.3 is 5.73 Å². The maximum Gasteiger partial charge on any atom is 0.417 e. The number of aliphatic imine (C=N–C) groups is 1. The van der Waals surface area contributed by atoms with Crippen molar-refractivity contribution in [2.45, 2.75) is 12.4 Å². The zero-order chi connectivity index (χ0) is 21.1. The minimum absolute atomic E-state index is 0.0966. The molecule has 0 aromatic carbocycles. The number of hydrogen-bond acceptors (Lipinski definition) is 4. The van der Waals surface area contributed by atoms with Crippen LogP contribution in [0, 0.1) is 0 Å². The van der Waals surface area contributed by atoms with Crippen molar-refractivity contribution in [3.8, 4) is 0 Å². The van der Waals surface area contributed by atoms with E-state index in [4.69, 9.17) is 28.9 Å². The highest BCUT2D eigenvalue weighted by atomic mass is 35.5. The van der Waals surface area contributed by atoms with Crippen LogP contribution in [-0.4, -0.2) is 22.1 Å². The van der Waals surface area contributed by atoms with Gasteiger partial charge in [-0.2, -0.15) is 36.4 Å². The molecular weight excluding hydrogens is 437 g/mol. The number of hydrogen-bond donors (Lipinski definition) is 2. The van der Waals surface area contributed by atoms with E-state index in [0.29, 0.717) is 24.5 Å². The Balaban J connectivity index is 2.10.